The van der Waals surface area contributed by atoms with Gasteiger partial charge >= 0.3 is 6.36 Å². The molecule has 1 aliphatic heterocycles. The van der Waals surface area contributed by atoms with Gasteiger partial charge in [-0.1, -0.05) is 54.2 Å². The van der Waals surface area contributed by atoms with E-state index in [1.807, 2.05) is 24.3 Å². The van der Waals surface area contributed by atoms with Crippen molar-refractivity contribution in [2.45, 2.75) is 25.1 Å². The quantitative estimate of drug-likeness (QED) is 0.191. The molecule has 0 amide bonds. The Morgan fingerprint density at radius 3 is 2.49 bits per heavy atom. The minimum Gasteiger partial charge on any atom is -0.406 e. The van der Waals surface area contributed by atoms with Crippen molar-refractivity contribution in [2.75, 3.05) is 17.2 Å². The van der Waals surface area contributed by atoms with Crippen LogP contribution in [0.1, 0.15) is 29.9 Å². The second kappa shape index (κ2) is 10.6. The van der Waals surface area contributed by atoms with Crippen molar-refractivity contribution in [1.82, 2.24) is 14.8 Å². The lowest BCUT2D eigenvalue weighted by molar-refractivity contribution is -0.274. The van der Waals surface area contributed by atoms with E-state index in [2.05, 4.69) is 54.2 Å². The second-order valence-electron chi connectivity index (χ2n) is 9.14. The van der Waals surface area contributed by atoms with Crippen LogP contribution in [0.2, 0.25) is 0 Å². The van der Waals surface area contributed by atoms with Crippen LogP contribution in [0.3, 0.4) is 0 Å². The van der Waals surface area contributed by atoms with Crippen molar-refractivity contribution in [3.8, 4) is 22.8 Å². The molecule has 4 aromatic rings. The molecule has 198 valence electrons. The number of thioether (sulfide) groups is 1. The Morgan fingerprint density at radius 1 is 0.974 bits per heavy atom. The topological polar surface area (TPSA) is 67.9 Å². The largest absolute Gasteiger partial charge is 0.573 e. The van der Waals surface area contributed by atoms with Gasteiger partial charge in [-0.15, -0.1) is 23.4 Å². The van der Waals surface area contributed by atoms with Gasteiger partial charge in [-0.25, -0.2) is 9.67 Å². The highest BCUT2D eigenvalue weighted by Gasteiger charge is 2.31. The number of hydrogen-bond acceptors (Lipinski definition) is 6. The van der Waals surface area contributed by atoms with E-state index in [0.717, 1.165) is 28.6 Å². The number of anilines is 1. The van der Waals surface area contributed by atoms with Gasteiger partial charge < -0.3 is 9.64 Å². The summed E-state index contributed by atoms with van der Waals surface area (Å²) in [6.07, 6.45) is 0.998. The first kappa shape index (κ1) is 25.2. The molecule has 0 N–H and O–H groups in total. The summed E-state index contributed by atoms with van der Waals surface area (Å²) < 4.78 is 42.5. The van der Waals surface area contributed by atoms with Crippen LogP contribution in [0, 0.1) is 0 Å². The number of halogens is 3. The third-order valence-corrected chi connectivity index (χ3v) is 7.31. The van der Waals surface area contributed by atoms with Crippen molar-refractivity contribution in [1.29, 1.82) is 0 Å². The predicted octanol–water partition coefficient (Wildman–Crippen LogP) is 6.65. The molecule has 0 unspecified atom stereocenters. The minimum absolute atomic E-state index is 0.295. The fourth-order valence-corrected chi connectivity index (χ4v) is 5.27. The summed E-state index contributed by atoms with van der Waals surface area (Å²) in [5.74, 6) is 1.83. The highest BCUT2D eigenvalue weighted by molar-refractivity contribution is 8.14. The summed E-state index contributed by atoms with van der Waals surface area (Å²) in [6, 6.07) is 21.6. The first-order valence-corrected chi connectivity index (χ1v) is 13.4. The average Bonchev–Trinajstić information content (AvgIpc) is 3.47. The lowest BCUT2D eigenvalue weighted by atomic mass is 10.1. The highest BCUT2D eigenvalue weighted by Crippen LogP contribution is 2.45. The van der Waals surface area contributed by atoms with Crippen LogP contribution in [0.5, 0.6) is 5.75 Å². The normalized spacial score (nSPS) is 16.9. The molecule has 11 heteroatoms. The molecule has 0 atom stereocenters. The van der Waals surface area contributed by atoms with Crippen LogP contribution in [0.15, 0.2) is 89.3 Å². The van der Waals surface area contributed by atoms with Crippen LogP contribution in [0.4, 0.5) is 18.9 Å². The molecule has 0 radical (unpaired) electrons. The van der Waals surface area contributed by atoms with Crippen LogP contribution in [-0.4, -0.2) is 44.8 Å². The van der Waals surface area contributed by atoms with Gasteiger partial charge in [0.2, 0.25) is 0 Å². The Balaban J connectivity index is 1.12. The summed E-state index contributed by atoms with van der Waals surface area (Å²) in [5, 5.41) is 14.2. The molecule has 39 heavy (non-hydrogen) atoms. The third kappa shape index (κ3) is 5.98. The number of alkyl halides is 3. The van der Waals surface area contributed by atoms with Crippen molar-refractivity contribution in [3.63, 3.8) is 0 Å². The number of ether oxygens (including phenoxy) is 1. The Morgan fingerprint density at radius 2 is 1.74 bits per heavy atom. The molecule has 1 aliphatic carbocycles. The summed E-state index contributed by atoms with van der Waals surface area (Å²) in [7, 11) is 0. The van der Waals surface area contributed by atoms with Crippen molar-refractivity contribution >= 4 is 28.8 Å². The number of rotatable bonds is 7. The van der Waals surface area contributed by atoms with Crippen molar-refractivity contribution in [3.05, 3.63) is 90.3 Å². The first-order chi connectivity index (χ1) is 18.9. The molecule has 2 aliphatic rings. The summed E-state index contributed by atoms with van der Waals surface area (Å²) in [4.78, 5) is 6.59. The van der Waals surface area contributed by atoms with Crippen LogP contribution in [0.25, 0.3) is 17.1 Å². The number of para-hydroxylation sites is 1. The maximum atomic E-state index is 12.4. The summed E-state index contributed by atoms with van der Waals surface area (Å²) >= 11 is 1.71. The maximum Gasteiger partial charge on any atom is 0.573 e. The molecule has 2 heterocycles. The molecule has 7 nitrogen and oxygen atoms in total. The van der Waals surface area contributed by atoms with Gasteiger partial charge in [-0.2, -0.15) is 5.10 Å². The van der Waals surface area contributed by atoms with E-state index >= 15 is 0 Å². The fraction of sp³-hybridized carbons (Fsp3) is 0.214. The SMILES string of the molecule is FC(F)(F)Oc1ccc(-n2cnc(-c3ccc(/C=N/N=C4\SCCN4c4ccccc4C4CC4)cc3)n2)cc1. The van der Waals surface area contributed by atoms with Gasteiger partial charge in [0, 0.05) is 23.5 Å². The number of nitrogens with zero attached hydrogens (tertiary/aromatic N) is 6. The summed E-state index contributed by atoms with van der Waals surface area (Å²) in [5.41, 5.74) is 4.88. The smallest absolute Gasteiger partial charge is 0.406 e. The van der Waals surface area contributed by atoms with E-state index in [4.69, 9.17) is 0 Å². The Kier molecular flexibility index (Phi) is 6.82. The van der Waals surface area contributed by atoms with E-state index in [9.17, 15) is 13.2 Å². The van der Waals surface area contributed by atoms with Crippen molar-refractivity contribution < 1.29 is 17.9 Å². The molecule has 1 aromatic heterocycles. The van der Waals surface area contributed by atoms with E-state index in [1.165, 1.54) is 59.4 Å². The highest BCUT2D eigenvalue weighted by atomic mass is 32.2. The Hall–Kier alpha value is -4.12. The zero-order valence-electron chi connectivity index (χ0n) is 20.6. The number of aromatic nitrogens is 3. The van der Waals surface area contributed by atoms with Crippen molar-refractivity contribution in [2.24, 2.45) is 10.2 Å². The zero-order chi connectivity index (χ0) is 26.8. The van der Waals surface area contributed by atoms with Gasteiger partial charge in [0.1, 0.15) is 12.1 Å². The first-order valence-electron chi connectivity index (χ1n) is 12.4. The van der Waals surface area contributed by atoms with Gasteiger partial charge in [0.15, 0.2) is 11.0 Å². The molecule has 1 saturated carbocycles. The van der Waals surface area contributed by atoms with E-state index in [0.29, 0.717) is 17.4 Å². The standard InChI is InChI=1S/C28H23F3N6OS/c29-28(30,31)38-23-13-11-22(12-14-23)37-18-32-26(35-37)21-7-5-19(6-8-21)17-33-34-27-36(15-16-39-27)25-4-2-1-3-24(25)20-9-10-20/h1-8,11-14,17-18,20H,9-10,15-16H2/b33-17+,34-27-. The van der Waals surface area contributed by atoms with E-state index < -0.39 is 6.36 Å². The number of amidine groups is 1. The molecule has 0 spiro atoms. The maximum absolute atomic E-state index is 12.4. The van der Waals surface area contributed by atoms with Gasteiger partial charge in [-0.05, 0) is 60.2 Å². The molecule has 2 fully saturated rings. The lowest BCUT2D eigenvalue weighted by Crippen LogP contribution is -2.24. The molecular formula is C28H23F3N6OS. The van der Waals surface area contributed by atoms with Crippen LogP contribution >= 0.6 is 11.8 Å². The monoisotopic (exact) mass is 548 g/mol. The molecular weight excluding hydrogens is 525 g/mol. The van der Waals surface area contributed by atoms with E-state index in [-0.39, 0.29) is 5.75 Å². The Labute approximate surface area is 227 Å². The summed E-state index contributed by atoms with van der Waals surface area (Å²) in [6.45, 7) is 0.919. The second-order valence-corrected chi connectivity index (χ2v) is 10.2. The molecule has 0 bridgehead atoms. The number of benzene rings is 3. The van der Waals surface area contributed by atoms with Gasteiger partial charge in [-0.3, -0.25) is 0 Å². The lowest BCUT2D eigenvalue weighted by Gasteiger charge is -2.20. The molecule has 3 aromatic carbocycles. The molecule has 6 rings (SSSR count). The zero-order valence-corrected chi connectivity index (χ0v) is 21.4. The van der Waals surface area contributed by atoms with Crippen LogP contribution < -0.4 is 9.64 Å². The van der Waals surface area contributed by atoms with Gasteiger partial charge in [0.25, 0.3) is 0 Å². The third-order valence-electron chi connectivity index (χ3n) is 6.37. The molecule has 1 saturated heterocycles. The fourth-order valence-electron chi connectivity index (χ4n) is 4.36. The van der Waals surface area contributed by atoms with Crippen LogP contribution in [-0.2, 0) is 0 Å². The Bertz CT molecular complexity index is 1510. The van der Waals surface area contributed by atoms with Gasteiger partial charge in [0.05, 0.1) is 11.9 Å². The number of hydrogen-bond donors (Lipinski definition) is 0. The minimum atomic E-state index is -4.73. The predicted molar refractivity (Wildman–Crippen MR) is 147 cm³/mol. The van der Waals surface area contributed by atoms with E-state index in [1.54, 1.807) is 18.0 Å². The average molecular weight is 549 g/mol.